The summed E-state index contributed by atoms with van der Waals surface area (Å²) >= 11 is 0. The van der Waals surface area contributed by atoms with Crippen molar-refractivity contribution < 1.29 is 18.7 Å². The monoisotopic (exact) mass is 439 g/mol. The van der Waals surface area contributed by atoms with Gasteiger partial charge in [-0.2, -0.15) is 0 Å². The van der Waals surface area contributed by atoms with Crippen LogP contribution in [0.1, 0.15) is 30.4 Å². The highest BCUT2D eigenvalue weighted by Crippen LogP contribution is 2.25. The highest BCUT2D eigenvalue weighted by molar-refractivity contribution is 6.09. The zero-order valence-corrected chi connectivity index (χ0v) is 17.9. The van der Waals surface area contributed by atoms with E-state index in [0.29, 0.717) is 63.3 Å². The molecule has 32 heavy (non-hydrogen) atoms. The first-order chi connectivity index (χ1) is 15.4. The largest absolute Gasteiger partial charge is 0.388 e. The van der Waals surface area contributed by atoms with Gasteiger partial charge in [0.05, 0.1) is 11.3 Å². The molecule has 0 bridgehead atoms. The second-order valence-corrected chi connectivity index (χ2v) is 8.46. The zero-order valence-electron chi connectivity index (χ0n) is 17.9. The maximum atomic E-state index is 14.0. The molecule has 0 saturated carbocycles. The standard InChI is InChI=1S/C25H27F2N3O2/c26-20-8-5-19(6-9-20)7-10-24(31)30-15-12-25(32,13-16-30)17-29-14-11-23(28-18-29)21-3-1-2-4-22(21)27/h1-6,8-9,11,14,32H,7,10,12-13,15-18H2. The molecular weight excluding hydrogens is 412 g/mol. The minimum Gasteiger partial charge on any atom is -0.388 e. The van der Waals surface area contributed by atoms with Gasteiger partial charge >= 0.3 is 0 Å². The Morgan fingerprint density at radius 3 is 2.44 bits per heavy atom. The van der Waals surface area contributed by atoms with E-state index in [-0.39, 0.29) is 17.5 Å². The van der Waals surface area contributed by atoms with Gasteiger partial charge in [0.25, 0.3) is 0 Å². The molecule has 168 valence electrons. The number of benzene rings is 2. The summed E-state index contributed by atoms with van der Waals surface area (Å²) < 4.78 is 27.0. The van der Waals surface area contributed by atoms with Crippen molar-refractivity contribution in [2.24, 2.45) is 4.99 Å². The third-order valence-corrected chi connectivity index (χ3v) is 6.10. The number of hydrogen-bond donors (Lipinski definition) is 1. The lowest BCUT2D eigenvalue weighted by atomic mass is 9.90. The summed E-state index contributed by atoms with van der Waals surface area (Å²) in [6, 6.07) is 12.7. The lowest BCUT2D eigenvalue weighted by Gasteiger charge is -2.41. The number of piperidine rings is 1. The van der Waals surface area contributed by atoms with Crippen LogP contribution in [0.4, 0.5) is 8.78 Å². The molecule has 2 aromatic carbocycles. The number of halogens is 2. The molecule has 7 heteroatoms. The minimum absolute atomic E-state index is 0.0494. The molecule has 0 radical (unpaired) electrons. The summed E-state index contributed by atoms with van der Waals surface area (Å²) in [5, 5.41) is 11.0. The van der Waals surface area contributed by atoms with Gasteiger partial charge in [-0.1, -0.05) is 24.3 Å². The Morgan fingerprint density at radius 2 is 1.78 bits per heavy atom. The van der Waals surface area contributed by atoms with Gasteiger partial charge in [-0.3, -0.25) is 9.79 Å². The SMILES string of the molecule is O=C(CCc1ccc(F)cc1)N1CCC(O)(CN2C=CC(c3ccccc3F)=NC2)CC1. The van der Waals surface area contributed by atoms with Crippen molar-refractivity contribution >= 4 is 11.6 Å². The van der Waals surface area contributed by atoms with Crippen LogP contribution in [0.5, 0.6) is 0 Å². The molecular formula is C25H27F2N3O2. The minimum atomic E-state index is -0.900. The molecule has 0 atom stereocenters. The number of hydrogen-bond acceptors (Lipinski definition) is 4. The summed E-state index contributed by atoms with van der Waals surface area (Å²) in [5.74, 6) is -0.541. The smallest absolute Gasteiger partial charge is 0.222 e. The first-order valence-electron chi connectivity index (χ1n) is 10.9. The molecule has 1 amide bonds. The molecule has 1 fully saturated rings. The Bertz CT molecular complexity index is 1010. The number of aliphatic hydroxyl groups is 1. The van der Waals surface area contributed by atoms with Crippen LogP contribution in [0.3, 0.4) is 0 Å². The molecule has 5 nitrogen and oxygen atoms in total. The van der Waals surface area contributed by atoms with Crippen molar-refractivity contribution in [2.75, 3.05) is 26.3 Å². The molecule has 0 spiro atoms. The van der Waals surface area contributed by atoms with Crippen LogP contribution in [0, 0.1) is 11.6 Å². The van der Waals surface area contributed by atoms with E-state index in [1.807, 2.05) is 11.1 Å². The Balaban J connectivity index is 1.24. The lowest BCUT2D eigenvalue weighted by molar-refractivity contribution is -0.135. The van der Waals surface area contributed by atoms with E-state index in [2.05, 4.69) is 4.99 Å². The Labute approximate surface area is 186 Å². The fraction of sp³-hybridized carbons (Fsp3) is 0.360. The predicted octanol–water partition coefficient (Wildman–Crippen LogP) is 3.53. The molecule has 0 unspecified atom stereocenters. The van der Waals surface area contributed by atoms with Crippen LogP contribution in [0.15, 0.2) is 65.8 Å². The molecule has 0 aliphatic carbocycles. The first-order valence-corrected chi connectivity index (χ1v) is 10.9. The Hall–Kier alpha value is -3.06. The molecule has 2 heterocycles. The summed E-state index contributed by atoms with van der Waals surface area (Å²) in [6.45, 7) is 1.76. The number of nitrogens with zero attached hydrogens (tertiary/aromatic N) is 3. The molecule has 1 N–H and O–H groups in total. The second kappa shape index (κ2) is 9.61. The average molecular weight is 440 g/mol. The van der Waals surface area contributed by atoms with E-state index in [9.17, 15) is 18.7 Å². The van der Waals surface area contributed by atoms with E-state index in [1.165, 1.54) is 18.2 Å². The highest BCUT2D eigenvalue weighted by atomic mass is 19.1. The molecule has 2 aliphatic heterocycles. The number of rotatable bonds is 6. The number of allylic oxidation sites excluding steroid dienone is 1. The van der Waals surface area contributed by atoms with Crippen molar-refractivity contribution in [3.05, 3.63) is 83.6 Å². The Morgan fingerprint density at radius 1 is 1.06 bits per heavy atom. The van der Waals surface area contributed by atoms with E-state index >= 15 is 0 Å². The van der Waals surface area contributed by atoms with Crippen molar-refractivity contribution in [3.63, 3.8) is 0 Å². The average Bonchev–Trinajstić information content (AvgIpc) is 2.80. The van der Waals surface area contributed by atoms with Crippen LogP contribution in [0.25, 0.3) is 0 Å². The third kappa shape index (κ3) is 5.40. The number of carbonyl (C=O) groups excluding carboxylic acids is 1. The summed E-state index contributed by atoms with van der Waals surface area (Å²) in [5.41, 5.74) is 1.09. The summed E-state index contributed by atoms with van der Waals surface area (Å²) in [4.78, 5) is 20.7. The van der Waals surface area contributed by atoms with Crippen molar-refractivity contribution in [3.8, 4) is 0 Å². The number of aryl methyl sites for hydroxylation is 1. The van der Waals surface area contributed by atoms with E-state index in [1.54, 1.807) is 41.3 Å². The van der Waals surface area contributed by atoms with Gasteiger partial charge in [0.1, 0.15) is 18.3 Å². The summed E-state index contributed by atoms with van der Waals surface area (Å²) in [6.07, 6.45) is 5.52. The normalized spacial score (nSPS) is 17.9. The van der Waals surface area contributed by atoms with Gasteiger partial charge in [-0.15, -0.1) is 0 Å². The highest BCUT2D eigenvalue weighted by Gasteiger charge is 2.35. The molecule has 4 rings (SSSR count). The molecule has 0 aromatic heterocycles. The third-order valence-electron chi connectivity index (χ3n) is 6.10. The fourth-order valence-electron chi connectivity index (χ4n) is 4.16. The number of β-amino-alcohol motifs (C(OH)–C–C–N with tert-alkyl or cyclic N) is 1. The van der Waals surface area contributed by atoms with Gasteiger partial charge < -0.3 is 14.9 Å². The van der Waals surface area contributed by atoms with Gasteiger partial charge in [-0.05, 0) is 55.2 Å². The Kier molecular flexibility index (Phi) is 6.65. The quantitative estimate of drug-likeness (QED) is 0.749. The summed E-state index contributed by atoms with van der Waals surface area (Å²) in [7, 11) is 0. The second-order valence-electron chi connectivity index (χ2n) is 8.46. The zero-order chi connectivity index (χ0) is 22.6. The fourth-order valence-corrected chi connectivity index (χ4v) is 4.16. The van der Waals surface area contributed by atoms with Gasteiger partial charge in [-0.25, -0.2) is 8.78 Å². The van der Waals surface area contributed by atoms with Gasteiger partial charge in [0.15, 0.2) is 0 Å². The van der Waals surface area contributed by atoms with Crippen molar-refractivity contribution in [1.82, 2.24) is 9.80 Å². The lowest BCUT2D eigenvalue weighted by Crippen LogP contribution is -2.51. The maximum Gasteiger partial charge on any atom is 0.222 e. The van der Waals surface area contributed by atoms with E-state index < -0.39 is 5.60 Å². The number of likely N-dealkylation sites (tertiary alicyclic amines) is 1. The number of amides is 1. The van der Waals surface area contributed by atoms with Crippen LogP contribution < -0.4 is 0 Å². The van der Waals surface area contributed by atoms with Crippen molar-refractivity contribution in [2.45, 2.75) is 31.3 Å². The maximum absolute atomic E-state index is 14.0. The topological polar surface area (TPSA) is 56.1 Å². The van der Waals surface area contributed by atoms with Crippen LogP contribution in [-0.4, -0.2) is 58.4 Å². The molecule has 2 aromatic rings. The number of carbonyl (C=O) groups is 1. The number of aliphatic imine (C=N–C) groups is 1. The van der Waals surface area contributed by atoms with Crippen LogP contribution >= 0.6 is 0 Å². The van der Waals surface area contributed by atoms with Gasteiger partial charge in [0, 0.05) is 37.8 Å². The first kappa shape index (κ1) is 22.1. The van der Waals surface area contributed by atoms with Crippen molar-refractivity contribution in [1.29, 1.82) is 0 Å². The van der Waals surface area contributed by atoms with E-state index in [0.717, 1.165) is 5.56 Å². The van der Waals surface area contributed by atoms with Crippen LogP contribution in [0.2, 0.25) is 0 Å². The molecule has 2 aliphatic rings. The van der Waals surface area contributed by atoms with E-state index in [4.69, 9.17) is 0 Å². The van der Waals surface area contributed by atoms with Crippen LogP contribution in [-0.2, 0) is 11.2 Å². The van der Waals surface area contributed by atoms with Gasteiger partial charge in [0.2, 0.25) is 5.91 Å². The molecule has 1 saturated heterocycles. The predicted molar refractivity (Wildman–Crippen MR) is 119 cm³/mol.